The molecule has 1 heterocycles. The largest absolute Gasteiger partial charge is 0.366 e. The molecule has 0 unspecified atom stereocenters. The highest BCUT2D eigenvalue weighted by molar-refractivity contribution is 5.94. The molecule has 0 bridgehead atoms. The van der Waals surface area contributed by atoms with Gasteiger partial charge in [-0.05, 0) is 31.2 Å². The fourth-order valence-electron chi connectivity index (χ4n) is 2.50. The van der Waals surface area contributed by atoms with Crippen molar-refractivity contribution in [2.24, 2.45) is 5.73 Å². The van der Waals surface area contributed by atoms with E-state index < -0.39 is 5.91 Å². The standard InChI is InChI=1S/C20H18N4O3/c1-13-2-4-14(5-3-13)17-10-19(26)24(12-22-17)11-18(25)23-16-8-6-15(7-9-16)20(21)27/h2-10,12H,11H2,1H3,(H2,21,27)(H,23,25). The molecular weight excluding hydrogens is 344 g/mol. The van der Waals surface area contributed by atoms with Gasteiger partial charge in [-0.3, -0.25) is 19.0 Å². The molecular formula is C20H18N4O3. The fraction of sp³-hybridized carbons (Fsp3) is 0.100. The minimum absolute atomic E-state index is 0.169. The van der Waals surface area contributed by atoms with Crippen molar-refractivity contribution in [1.29, 1.82) is 0 Å². The lowest BCUT2D eigenvalue weighted by atomic mass is 10.1. The van der Waals surface area contributed by atoms with E-state index in [-0.39, 0.29) is 18.0 Å². The van der Waals surface area contributed by atoms with Gasteiger partial charge in [0.1, 0.15) is 6.54 Å². The van der Waals surface area contributed by atoms with Gasteiger partial charge in [-0.1, -0.05) is 29.8 Å². The van der Waals surface area contributed by atoms with Crippen molar-refractivity contribution in [2.75, 3.05) is 5.32 Å². The van der Waals surface area contributed by atoms with Gasteiger partial charge in [0.05, 0.1) is 12.0 Å². The van der Waals surface area contributed by atoms with Crippen LogP contribution < -0.4 is 16.6 Å². The Balaban J connectivity index is 1.69. The van der Waals surface area contributed by atoms with Crippen LogP contribution >= 0.6 is 0 Å². The fourth-order valence-corrected chi connectivity index (χ4v) is 2.50. The molecule has 0 spiro atoms. The van der Waals surface area contributed by atoms with E-state index in [4.69, 9.17) is 5.73 Å². The summed E-state index contributed by atoms with van der Waals surface area (Å²) in [4.78, 5) is 39.7. The van der Waals surface area contributed by atoms with Gasteiger partial charge in [-0.25, -0.2) is 4.98 Å². The van der Waals surface area contributed by atoms with E-state index in [1.807, 2.05) is 31.2 Å². The highest BCUT2D eigenvalue weighted by atomic mass is 16.2. The first-order valence-corrected chi connectivity index (χ1v) is 8.25. The number of nitrogens with zero attached hydrogens (tertiary/aromatic N) is 2. The number of carbonyl (C=O) groups excluding carboxylic acids is 2. The predicted octanol–water partition coefficient (Wildman–Crippen LogP) is 1.96. The van der Waals surface area contributed by atoms with Crippen LogP contribution in [-0.4, -0.2) is 21.4 Å². The van der Waals surface area contributed by atoms with Gasteiger partial charge in [0.15, 0.2) is 0 Å². The molecule has 0 radical (unpaired) electrons. The Labute approximate surface area is 155 Å². The number of aromatic nitrogens is 2. The number of nitrogens with one attached hydrogen (secondary N) is 1. The van der Waals surface area contributed by atoms with Gasteiger partial charge in [-0.15, -0.1) is 0 Å². The van der Waals surface area contributed by atoms with Crippen LogP contribution in [0.3, 0.4) is 0 Å². The molecule has 0 aliphatic rings. The third-order valence-electron chi connectivity index (χ3n) is 3.99. The van der Waals surface area contributed by atoms with Crippen molar-refractivity contribution in [3.8, 4) is 11.3 Å². The van der Waals surface area contributed by atoms with Crippen LogP contribution in [0.4, 0.5) is 5.69 Å². The van der Waals surface area contributed by atoms with Crippen molar-refractivity contribution in [1.82, 2.24) is 9.55 Å². The van der Waals surface area contributed by atoms with Gasteiger partial charge in [-0.2, -0.15) is 0 Å². The summed E-state index contributed by atoms with van der Waals surface area (Å²) in [6, 6.07) is 15.2. The first-order valence-electron chi connectivity index (χ1n) is 8.25. The summed E-state index contributed by atoms with van der Waals surface area (Å²) >= 11 is 0. The average molecular weight is 362 g/mol. The van der Waals surface area contributed by atoms with Gasteiger partial charge >= 0.3 is 0 Å². The summed E-state index contributed by atoms with van der Waals surface area (Å²) in [5.41, 5.74) is 8.21. The molecule has 136 valence electrons. The maximum Gasteiger partial charge on any atom is 0.254 e. The smallest absolute Gasteiger partial charge is 0.254 e. The van der Waals surface area contributed by atoms with Crippen LogP contribution in [0.2, 0.25) is 0 Å². The molecule has 3 N–H and O–H groups in total. The van der Waals surface area contributed by atoms with E-state index in [1.54, 1.807) is 12.1 Å². The summed E-state index contributed by atoms with van der Waals surface area (Å²) in [6.45, 7) is 1.81. The molecule has 3 aromatic rings. The third-order valence-corrected chi connectivity index (χ3v) is 3.99. The van der Waals surface area contributed by atoms with Gasteiger partial charge in [0.25, 0.3) is 5.56 Å². The Hall–Kier alpha value is -3.74. The molecule has 2 aromatic carbocycles. The zero-order valence-electron chi connectivity index (χ0n) is 14.7. The zero-order chi connectivity index (χ0) is 19.4. The molecule has 0 aliphatic heterocycles. The summed E-state index contributed by atoms with van der Waals surface area (Å²) in [5, 5.41) is 2.66. The van der Waals surface area contributed by atoms with Crippen molar-refractivity contribution < 1.29 is 9.59 Å². The lowest BCUT2D eigenvalue weighted by Gasteiger charge is -2.08. The molecule has 7 nitrogen and oxygen atoms in total. The number of nitrogens with two attached hydrogens (primary N) is 1. The second kappa shape index (κ2) is 7.65. The van der Waals surface area contributed by atoms with Crippen LogP contribution in [0.15, 0.2) is 65.7 Å². The lowest BCUT2D eigenvalue weighted by molar-refractivity contribution is -0.116. The Morgan fingerprint density at radius 1 is 1.07 bits per heavy atom. The Morgan fingerprint density at radius 2 is 1.74 bits per heavy atom. The SMILES string of the molecule is Cc1ccc(-c2cc(=O)n(CC(=O)Nc3ccc(C(N)=O)cc3)cn2)cc1. The van der Waals surface area contributed by atoms with Crippen molar-refractivity contribution in [2.45, 2.75) is 13.5 Å². The molecule has 7 heteroatoms. The number of anilines is 1. The highest BCUT2D eigenvalue weighted by Gasteiger charge is 2.08. The van der Waals surface area contributed by atoms with E-state index in [1.165, 1.54) is 29.1 Å². The molecule has 0 aliphatic carbocycles. The first kappa shape index (κ1) is 18.1. The number of amides is 2. The molecule has 2 amide bonds. The van der Waals surface area contributed by atoms with E-state index in [9.17, 15) is 14.4 Å². The normalized spacial score (nSPS) is 10.4. The first-order chi connectivity index (χ1) is 12.9. The number of hydrogen-bond acceptors (Lipinski definition) is 4. The molecule has 1 aromatic heterocycles. The average Bonchev–Trinajstić information content (AvgIpc) is 2.64. The van der Waals surface area contributed by atoms with Crippen LogP contribution in [-0.2, 0) is 11.3 Å². The highest BCUT2D eigenvalue weighted by Crippen LogP contribution is 2.15. The Bertz CT molecular complexity index is 1040. The van der Waals surface area contributed by atoms with Crippen molar-refractivity contribution in [3.63, 3.8) is 0 Å². The van der Waals surface area contributed by atoms with E-state index in [2.05, 4.69) is 10.3 Å². The van der Waals surface area contributed by atoms with Gasteiger partial charge < -0.3 is 11.1 Å². The van der Waals surface area contributed by atoms with Crippen LogP contribution in [0.1, 0.15) is 15.9 Å². The summed E-state index contributed by atoms with van der Waals surface area (Å²) < 4.78 is 1.23. The molecule has 27 heavy (non-hydrogen) atoms. The van der Waals surface area contributed by atoms with E-state index >= 15 is 0 Å². The molecule has 3 rings (SSSR count). The quantitative estimate of drug-likeness (QED) is 0.723. The second-order valence-electron chi connectivity index (χ2n) is 6.10. The van der Waals surface area contributed by atoms with Crippen molar-refractivity contribution in [3.05, 3.63) is 82.4 Å². The maximum absolute atomic E-state index is 12.3. The molecule has 0 saturated heterocycles. The van der Waals surface area contributed by atoms with E-state index in [0.717, 1.165) is 11.1 Å². The number of primary amides is 1. The maximum atomic E-state index is 12.3. The predicted molar refractivity (Wildman–Crippen MR) is 102 cm³/mol. The van der Waals surface area contributed by atoms with Gasteiger partial charge in [0, 0.05) is 22.9 Å². The minimum Gasteiger partial charge on any atom is -0.366 e. The number of hydrogen-bond donors (Lipinski definition) is 2. The summed E-state index contributed by atoms with van der Waals surface area (Å²) in [5.74, 6) is -0.923. The molecule has 0 fully saturated rings. The van der Waals surface area contributed by atoms with E-state index in [0.29, 0.717) is 16.9 Å². The van der Waals surface area contributed by atoms with Crippen LogP contribution in [0.5, 0.6) is 0 Å². The summed E-state index contributed by atoms with van der Waals surface area (Å²) in [6.07, 6.45) is 1.35. The van der Waals surface area contributed by atoms with Gasteiger partial charge in [0.2, 0.25) is 11.8 Å². The Morgan fingerprint density at radius 3 is 2.33 bits per heavy atom. The number of benzene rings is 2. The monoisotopic (exact) mass is 362 g/mol. The zero-order valence-corrected chi connectivity index (χ0v) is 14.7. The van der Waals surface area contributed by atoms with Crippen LogP contribution in [0, 0.1) is 6.92 Å². The second-order valence-corrected chi connectivity index (χ2v) is 6.10. The lowest BCUT2D eigenvalue weighted by Crippen LogP contribution is -2.27. The number of rotatable bonds is 5. The topological polar surface area (TPSA) is 107 Å². The van der Waals surface area contributed by atoms with Crippen LogP contribution in [0.25, 0.3) is 11.3 Å². The minimum atomic E-state index is -0.542. The molecule has 0 atom stereocenters. The number of carbonyl (C=O) groups is 2. The Kier molecular flexibility index (Phi) is 5.12. The molecule has 0 saturated carbocycles. The number of aryl methyl sites for hydroxylation is 1. The summed E-state index contributed by atoms with van der Waals surface area (Å²) in [7, 11) is 0. The van der Waals surface area contributed by atoms with Crippen molar-refractivity contribution >= 4 is 17.5 Å². The third kappa shape index (κ3) is 4.46.